The van der Waals surface area contributed by atoms with Crippen LogP contribution in [0.1, 0.15) is 13.8 Å². The first-order valence-corrected chi connectivity index (χ1v) is 5.95. The first-order chi connectivity index (χ1) is 6.02. The maximum absolute atomic E-state index is 11.6. The number of hydrogen-bond acceptors (Lipinski definition) is 2. The van der Waals surface area contributed by atoms with Crippen molar-refractivity contribution >= 4 is 9.84 Å². The lowest BCUT2D eigenvalue weighted by Crippen LogP contribution is -2.11. The lowest BCUT2D eigenvalue weighted by atomic mass is 10.3. The van der Waals surface area contributed by atoms with Crippen LogP contribution in [0.4, 0.5) is 0 Å². The summed E-state index contributed by atoms with van der Waals surface area (Å²) in [4.78, 5) is 0.420. The maximum Gasteiger partial charge on any atom is 0.178 e. The molecule has 0 spiro atoms. The fraction of sp³-hybridized carbons (Fsp3) is 0.400. The summed E-state index contributed by atoms with van der Waals surface area (Å²) < 4.78 is 23.3. The van der Waals surface area contributed by atoms with Gasteiger partial charge in [0.2, 0.25) is 0 Å². The molecular formula is C10H14O2S. The van der Waals surface area contributed by atoms with Crippen LogP contribution in [0.25, 0.3) is 0 Å². The summed E-state index contributed by atoms with van der Waals surface area (Å²) in [5, 5.41) is 0. The molecule has 0 aliphatic carbocycles. The zero-order valence-electron chi connectivity index (χ0n) is 7.90. The molecule has 0 N–H and O–H groups in total. The Kier molecular flexibility index (Phi) is 3.09. The Bertz CT molecular complexity index is 352. The van der Waals surface area contributed by atoms with E-state index >= 15 is 0 Å². The standard InChI is InChI=1S/C10H14O2S/c1-9(2)8-13(11,12)10-6-4-3-5-7-10/h3-7,9H,8H2,1-2H3. The first kappa shape index (κ1) is 10.3. The minimum atomic E-state index is -3.06. The minimum absolute atomic E-state index is 0.171. The lowest BCUT2D eigenvalue weighted by molar-refractivity contribution is 0.582. The van der Waals surface area contributed by atoms with Gasteiger partial charge in [-0.05, 0) is 18.1 Å². The van der Waals surface area contributed by atoms with E-state index in [1.165, 1.54) is 0 Å². The van der Waals surface area contributed by atoms with Gasteiger partial charge in [0.25, 0.3) is 0 Å². The highest BCUT2D eigenvalue weighted by Gasteiger charge is 2.14. The SMILES string of the molecule is CC(C)CS(=O)(=O)c1ccccc1. The molecule has 0 amide bonds. The van der Waals surface area contributed by atoms with Gasteiger partial charge in [0, 0.05) is 0 Å². The van der Waals surface area contributed by atoms with Crippen molar-refractivity contribution < 1.29 is 8.42 Å². The molecule has 1 rings (SSSR count). The quantitative estimate of drug-likeness (QED) is 0.745. The zero-order chi connectivity index (χ0) is 9.90. The summed E-state index contributed by atoms with van der Waals surface area (Å²) in [6.07, 6.45) is 0. The van der Waals surface area contributed by atoms with Crippen LogP contribution in [0.2, 0.25) is 0 Å². The molecule has 0 atom stereocenters. The summed E-state index contributed by atoms with van der Waals surface area (Å²) in [6.45, 7) is 3.81. The number of rotatable bonds is 3. The topological polar surface area (TPSA) is 34.1 Å². The third-order valence-electron chi connectivity index (χ3n) is 1.66. The van der Waals surface area contributed by atoms with E-state index in [0.29, 0.717) is 4.90 Å². The van der Waals surface area contributed by atoms with Crippen molar-refractivity contribution in [2.45, 2.75) is 18.7 Å². The highest BCUT2D eigenvalue weighted by molar-refractivity contribution is 7.91. The minimum Gasteiger partial charge on any atom is -0.224 e. The van der Waals surface area contributed by atoms with E-state index in [0.717, 1.165) is 0 Å². The second-order valence-electron chi connectivity index (χ2n) is 3.49. The van der Waals surface area contributed by atoms with Crippen LogP contribution in [0.3, 0.4) is 0 Å². The third kappa shape index (κ3) is 2.84. The van der Waals surface area contributed by atoms with E-state index in [-0.39, 0.29) is 11.7 Å². The predicted molar refractivity (Wildman–Crippen MR) is 53.3 cm³/mol. The number of sulfone groups is 1. The Morgan fingerprint density at radius 3 is 2.15 bits per heavy atom. The monoisotopic (exact) mass is 198 g/mol. The van der Waals surface area contributed by atoms with Gasteiger partial charge >= 0.3 is 0 Å². The van der Waals surface area contributed by atoms with Gasteiger partial charge in [-0.15, -0.1) is 0 Å². The molecule has 0 aliphatic rings. The van der Waals surface area contributed by atoms with Crippen LogP contribution >= 0.6 is 0 Å². The van der Waals surface area contributed by atoms with Gasteiger partial charge < -0.3 is 0 Å². The molecular weight excluding hydrogens is 184 g/mol. The average molecular weight is 198 g/mol. The van der Waals surface area contributed by atoms with E-state index in [1.54, 1.807) is 24.3 Å². The summed E-state index contributed by atoms with van der Waals surface area (Å²) in [5.74, 6) is 0.391. The largest absolute Gasteiger partial charge is 0.224 e. The van der Waals surface area contributed by atoms with Crippen molar-refractivity contribution in [2.24, 2.45) is 5.92 Å². The second kappa shape index (κ2) is 3.92. The van der Waals surface area contributed by atoms with Gasteiger partial charge in [0.1, 0.15) is 0 Å². The summed E-state index contributed by atoms with van der Waals surface area (Å²) in [6, 6.07) is 8.57. The summed E-state index contributed by atoms with van der Waals surface area (Å²) >= 11 is 0. The Hall–Kier alpha value is -0.830. The van der Waals surface area contributed by atoms with E-state index in [2.05, 4.69) is 0 Å². The van der Waals surface area contributed by atoms with Gasteiger partial charge in [-0.25, -0.2) is 8.42 Å². The Balaban J connectivity index is 2.96. The number of hydrogen-bond donors (Lipinski definition) is 0. The highest BCUT2D eigenvalue weighted by Crippen LogP contribution is 2.12. The van der Waals surface area contributed by atoms with E-state index in [9.17, 15) is 8.42 Å². The van der Waals surface area contributed by atoms with Gasteiger partial charge in [0.05, 0.1) is 10.6 Å². The smallest absolute Gasteiger partial charge is 0.178 e. The molecule has 0 unspecified atom stereocenters. The van der Waals surface area contributed by atoms with E-state index in [1.807, 2.05) is 19.9 Å². The number of benzene rings is 1. The van der Waals surface area contributed by atoms with Crippen molar-refractivity contribution in [3.63, 3.8) is 0 Å². The fourth-order valence-electron chi connectivity index (χ4n) is 1.16. The molecule has 1 aromatic rings. The van der Waals surface area contributed by atoms with Crippen LogP contribution in [0.5, 0.6) is 0 Å². The molecule has 3 heteroatoms. The lowest BCUT2D eigenvalue weighted by Gasteiger charge is -2.05. The van der Waals surface area contributed by atoms with Crippen LogP contribution < -0.4 is 0 Å². The summed E-state index contributed by atoms with van der Waals surface area (Å²) in [5.41, 5.74) is 0. The molecule has 13 heavy (non-hydrogen) atoms. The second-order valence-corrected chi connectivity index (χ2v) is 5.52. The van der Waals surface area contributed by atoms with Crippen LogP contribution in [0, 0.1) is 5.92 Å². The molecule has 0 bridgehead atoms. The Labute approximate surface area is 79.5 Å². The van der Waals surface area contributed by atoms with Gasteiger partial charge in [0.15, 0.2) is 9.84 Å². The van der Waals surface area contributed by atoms with Crippen LogP contribution in [-0.2, 0) is 9.84 Å². The fourth-order valence-corrected chi connectivity index (χ4v) is 2.80. The first-order valence-electron chi connectivity index (χ1n) is 4.30. The highest BCUT2D eigenvalue weighted by atomic mass is 32.2. The molecule has 2 nitrogen and oxygen atoms in total. The van der Waals surface area contributed by atoms with Crippen molar-refractivity contribution in [1.82, 2.24) is 0 Å². The van der Waals surface area contributed by atoms with Crippen molar-refractivity contribution in [3.05, 3.63) is 30.3 Å². The molecule has 0 fully saturated rings. The summed E-state index contributed by atoms with van der Waals surface area (Å²) in [7, 11) is -3.06. The van der Waals surface area contributed by atoms with Crippen molar-refractivity contribution in [1.29, 1.82) is 0 Å². The van der Waals surface area contributed by atoms with Crippen LogP contribution in [-0.4, -0.2) is 14.2 Å². The van der Waals surface area contributed by atoms with Gasteiger partial charge in [-0.1, -0.05) is 32.0 Å². The Morgan fingerprint density at radius 2 is 1.69 bits per heavy atom. The van der Waals surface area contributed by atoms with Gasteiger partial charge in [-0.3, -0.25) is 0 Å². The molecule has 0 aliphatic heterocycles. The zero-order valence-corrected chi connectivity index (χ0v) is 8.71. The maximum atomic E-state index is 11.6. The van der Waals surface area contributed by atoms with Crippen LogP contribution in [0.15, 0.2) is 35.2 Å². The molecule has 0 aromatic heterocycles. The molecule has 1 aromatic carbocycles. The average Bonchev–Trinajstić information content (AvgIpc) is 2.04. The molecule has 0 radical (unpaired) electrons. The molecule has 0 heterocycles. The Morgan fingerprint density at radius 1 is 1.15 bits per heavy atom. The van der Waals surface area contributed by atoms with Gasteiger partial charge in [-0.2, -0.15) is 0 Å². The normalized spacial score (nSPS) is 11.9. The van der Waals surface area contributed by atoms with Crippen molar-refractivity contribution in [3.8, 4) is 0 Å². The predicted octanol–water partition coefficient (Wildman–Crippen LogP) is 2.12. The molecule has 0 saturated carbocycles. The molecule has 72 valence electrons. The van der Waals surface area contributed by atoms with Crippen molar-refractivity contribution in [2.75, 3.05) is 5.75 Å². The molecule has 0 saturated heterocycles. The van der Waals surface area contributed by atoms with E-state index < -0.39 is 9.84 Å². The van der Waals surface area contributed by atoms with E-state index in [4.69, 9.17) is 0 Å². The third-order valence-corrected chi connectivity index (χ3v) is 3.75.